The highest BCUT2D eigenvalue weighted by Gasteiger charge is 2.30. The molecule has 0 rings (SSSR count). The molecule has 0 fully saturated rings. The minimum atomic E-state index is -1.15. The number of aliphatic hydroxyl groups excluding tert-OH is 1. The van der Waals surface area contributed by atoms with Gasteiger partial charge in [0.25, 0.3) is 0 Å². The molecular weight excluding hydrogens is 622 g/mol. The van der Waals surface area contributed by atoms with Crippen molar-refractivity contribution in [2.24, 2.45) is 23.7 Å². The maximum absolute atomic E-state index is 12.2. The largest absolute Gasteiger partial charge is 0.465 e. The number of hydrogen-bond donors (Lipinski definition) is 2. The van der Waals surface area contributed by atoms with Crippen molar-refractivity contribution in [1.82, 2.24) is 15.1 Å². The van der Waals surface area contributed by atoms with E-state index in [9.17, 15) is 28.8 Å². The van der Waals surface area contributed by atoms with Gasteiger partial charge in [-0.2, -0.15) is 0 Å². The third kappa shape index (κ3) is 20.0. The lowest BCUT2D eigenvalue weighted by atomic mass is 9.93. The van der Waals surface area contributed by atoms with Crippen molar-refractivity contribution in [1.29, 1.82) is 0 Å². The van der Waals surface area contributed by atoms with Crippen LogP contribution in [0.1, 0.15) is 92.9 Å². The molecule has 0 heterocycles. The van der Waals surface area contributed by atoms with Gasteiger partial charge < -0.3 is 34.4 Å². The zero-order valence-corrected chi connectivity index (χ0v) is 31.1. The minimum Gasteiger partial charge on any atom is -0.465 e. The summed E-state index contributed by atoms with van der Waals surface area (Å²) in [5, 5.41) is 11.1. The molecule has 4 atom stereocenters. The molecule has 0 bridgehead atoms. The quantitative estimate of drug-likeness (QED) is 0.0745. The van der Waals surface area contributed by atoms with E-state index in [0.717, 1.165) is 6.08 Å². The van der Waals surface area contributed by atoms with Gasteiger partial charge in [-0.25, -0.2) is 4.79 Å². The Labute approximate surface area is 288 Å². The van der Waals surface area contributed by atoms with Gasteiger partial charge in [0.2, 0.25) is 17.7 Å². The number of carbonyl (C=O) groups excluding carboxylic acids is 6. The Morgan fingerprint density at radius 1 is 0.729 bits per heavy atom. The summed E-state index contributed by atoms with van der Waals surface area (Å²) in [7, 11) is 6.82. The first-order valence-electron chi connectivity index (χ1n) is 16.9. The predicted molar refractivity (Wildman–Crippen MR) is 183 cm³/mol. The van der Waals surface area contributed by atoms with Crippen LogP contribution in [0.25, 0.3) is 0 Å². The third-order valence-electron chi connectivity index (χ3n) is 7.60. The summed E-state index contributed by atoms with van der Waals surface area (Å²) < 4.78 is 15.6. The van der Waals surface area contributed by atoms with E-state index in [-0.39, 0.29) is 67.2 Å². The second kappa shape index (κ2) is 25.5. The first-order valence-corrected chi connectivity index (χ1v) is 16.9. The number of unbranched alkanes of at least 4 members (excludes halogenated alkanes) is 2. The van der Waals surface area contributed by atoms with E-state index >= 15 is 0 Å². The zero-order valence-electron chi connectivity index (χ0n) is 31.1. The fourth-order valence-electron chi connectivity index (χ4n) is 4.55. The van der Waals surface area contributed by atoms with Crippen LogP contribution in [0.4, 0.5) is 0 Å². The number of nitrogens with one attached hydrogen (secondary N) is 1. The van der Waals surface area contributed by atoms with E-state index in [1.807, 2.05) is 27.7 Å². The van der Waals surface area contributed by atoms with Crippen LogP contribution in [-0.2, 0) is 43.0 Å². The van der Waals surface area contributed by atoms with E-state index in [1.165, 1.54) is 4.90 Å². The van der Waals surface area contributed by atoms with Crippen LogP contribution in [0.15, 0.2) is 12.7 Å². The van der Waals surface area contributed by atoms with Gasteiger partial charge in [-0.15, -0.1) is 0 Å². The third-order valence-corrected chi connectivity index (χ3v) is 7.60. The van der Waals surface area contributed by atoms with Crippen LogP contribution in [0, 0.1) is 23.7 Å². The number of carbonyl (C=O) groups is 6. The molecule has 2 N–H and O–H groups in total. The molecule has 0 aliphatic carbocycles. The number of amides is 3. The lowest BCUT2D eigenvalue weighted by molar-refractivity contribution is -0.153. The van der Waals surface area contributed by atoms with Crippen molar-refractivity contribution in [3.63, 3.8) is 0 Å². The smallest absolute Gasteiger partial charge is 0.331 e. The Kier molecular flexibility index (Phi) is 24.8. The summed E-state index contributed by atoms with van der Waals surface area (Å²) in [5.74, 6) is -2.49. The molecule has 0 spiro atoms. The van der Waals surface area contributed by atoms with E-state index in [1.54, 1.807) is 46.9 Å². The maximum Gasteiger partial charge on any atom is 0.331 e. The SMILES string of the molecule is C=CC(=O)NC(C)(C)C(=O)OCCCCOC(=O)C(CC)CC(C)C(=O)N(C)C.CCC(CC(C)C(=O)N(C)C)C(=O)OCCCCO. The van der Waals surface area contributed by atoms with Crippen LogP contribution in [0.2, 0.25) is 0 Å². The number of aliphatic hydroxyl groups is 1. The number of nitrogens with zero attached hydrogens (tertiary/aromatic N) is 2. The zero-order chi connectivity index (χ0) is 37.4. The molecule has 0 aromatic heterocycles. The van der Waals surface area contributed by atoms with Gasteiger partial charge in [0, 0.05) is 46.6 Å². The van der Waals surface area contributed by atoms with Gasteiger partial charge in [-0.05, 0) is 71.3 Å². The first-order chi connectivity index (χ1) is 22.4. The molecule has 13 heteroatoms. The molecule has 48 heavy (non-hydrogen) atoms. The average molecular weight is 686 g/mol. The summed E-state index contributed by atoms with van der Waals surface area (Å²) >= 11 is 0. The van der Waals surface area contributed by atoms with Gasteiger partial charge in [0.15, 0.2) is 0 Å². The molecule has 0 aromatic rings. The van der Waals surface area contributed by atoms with E-state index in [4.69, 9.17) is 19.3 Å². The summed E-state index contributed by atoms with van der Waals surface area (Å²) in [6.45, 7) is 14.7. The number of rotatable bonds is 22. The maximum atomic E-state index is 12.2. The fourth-order valence-corrected chi connectivity index (χ4v) is 4.55. The van der Waals surface area contributed by atoms with Gasteiger partial charge in [-0.1, -0.05) is 34.3 Å². The molecule has 0 saturated heterocycles. The Balaban J connectivity index is 0. The van der Waals surface area contributed by atoms with Gasteiger partial charge >= 0.3 is 17.9 Å². The lowest BCUT2D eigenvalue weighted by Crippen LogP contribution is -2.50. The summed E-state index contributed by atoms with van der Waals surface area (Å²) in [5.41, 5.74) is -1.15. The molecule has 4 unspecified atom stereocenters. The highest BCUT2D eigenvalue weighted by molar-refractivity contribution is 5.92. The van der Waals surface area contributed by atoms with Gasteiger partial charge in [0.1, 0.15) is 5.54 Å². The molecular formula is C35H63N3O10. The molecule has 0 aliphatic heterocycles. The van der Waals surface area contributed by atoms with Crippen molar-refractivity contribution in [2.45, 2.75) is 98.4 Å². The van der Waals surface area contributed by atoms with Crippen molar-refractivity contribution in [3.8, 4) is 0 Å². The molecule has 0 radical (unpaired) electrons. The summed E-state index contributed by atoms with van der Waals surface area (Å²) in [4.78, 5) is 74.2. The molecule has 0 aliphatic rings. The fraction of sp³-hybridized carbons (Fsp3) is 0.771. The topological polar surface area (TPSA) is 169 Å². The molecule has 3 amide bonds. The number of esters is 3. The summed E-state index contributed by atoms with van der Waals surface area (Å²) in [6.07, 6.45) is 5.71. The summed E-state index contributed by atoms with van der Waals surface area (Å²) in [6, 6.07) is 0. The average Bonchev–Trinajstić information content (AvgIpc) is 3.04. The van der Waals surface area contributed by atoms with Gasteiger partial charge in [0.05, 0.1) is 31.7 Å². The number of hydrogen-bond acceptors (Lipinski definition) is 10. The van der Waals surface area contributed by atoms with Crippen molar-refractivity contribution in [2.75, 3.05) is 54.6 Å². The molecule has 278 valence electrons. The van der Waals surface area contributed by atoms with Crippen molar-refractivity contribution < 1.29 is 48.1 Å². The lowest BCUT2D eigenvalue weighted by Gasteiger charge is -2.23. The van der Waals surface area contributed by atoms with Crippen LogP contribution < -0.4 is 5.32 Å². The number of ether oxygens (including phenoxy) is 3. The van der Waals surface area contributed by atoms with Crippen LogP contribution in [-0.4, -0.2) is 111 Å². The molecule has 0 saturated carbocycles. The molecule has 0 aromatic carbocycles. The standard InChI is InChI=1S/C21H36N2O6.C14H27NO4/c1-8-16(14-15(3)18(25)23(6)7)19(26)28-12-10-11-13-29-20(27)21(4,5)22-17(24)9-2;1-5-12(10-11(2)13(17)15(3)4)14(18)19-9-7-6-8-16/h9,15-16H,2,8,10-14H2,1,3-7H3,(H,22,24);11-12,16H,5-10H2,1-4H3. The Morgan fingerprint density at radius 2 is 1.10 bits per heavy atom. The second-order valence-electron chi connectivity index (χ2n) is 12.9. The minimum absolute atomic E-state index is 0.00901. The Morgan fingerprint density at radius 3 is 1.44 bits per heavy atom. The van der Waals surface area contributed by atoms with E-state index < -0.39 is 17.4 Å². The predicted octanol–water partition coefficient (Wildman–Crippen LogP) is 3.52. The Bertz CT molecular complexity index is 1010. The van der Waals surface area contributed by atoms with Crippen molar-refractivity contribution in [3.05, 3.63) is 12.7 Å². The highest BCUT2D eigenvalue weighted by Crippen LogP contribution is 2.20. The van der Waals surface area contributed by atoms with Crippen LogP contribution >= 0.6 is 0 Å². The van der Waals surface area contributed by atoms with Crippen molar-refractivity contribution >= 4 is 35.6 Å². The second-order valence-corrected chi connectivity index (χ2v) is 12.9. The Hall–Kier alpha value is -3.48. The first kappa shape index (κ1) is 46.6. The van der Waals surface area contributed by atoms with Crippen LogP contribution in [0.3, 0.4) is 0 Å². The monoisotopic (exact) mass is 685 g/mol. The molecule has 13 nitrogen and oxygen atoms in total. The van der Waals surface area contributed by atoms with E-state index in [0.29, 0.717) is 58.0 Å². The van der Waals surface area contributed by atoms with Gasteiger partial charge in [-0.3, -0.25) is 24.0 Å². The van der Waals surface area contributed by atoms with Crippen LogP contribution in [0.5, 0.6) is 0 Å². The normalized spacial score (nSPS) is 13.3. The highest BCUT2D eigenvalue weighted by atomic mass is 16.5. The van der Waals surface area contributed by atoms with E-state index in [2.05, 4.69) is 11.9 Å².